The van der Waals surface area contributed by atoms with Gasteiger partial charge in [-0.05, 0) is 31.7 Å². The molecule has 1 aliphatic carbocycles. The average Bonchev–Trinajstić information content (AvgIpc) is 3.05. The molecule has 0 amide bonds. The van der Waals surface area contributed by atoms with Gasteiger partial charge in [0.1, 0.15) is 11.2 Å². The van der Waals surface area contributed by atoms with Crippen LogP contribution in [0.25, 0.3) is 11.0 Å². The zero-order chi connectivity index (χ0) is 16.9. The number of aromatic amines is 1. The molecular weight excluding hydrogens is 302 g/mol. The van der Waals surface area contributed by atoms with Gasteiger partial charge in [0.15, 0.2) is 0 Å². The molecular formula is C19H27N3O2. The van der Waals surface area contributed by atoms with E-state index in [4.69, 9.17) is 4.74 Å². The van der Waals surface area contributed by atoms with Gasteiger partial charge in [-0.1, -0.05) is 32.6 Å². The molecule has 2 N–H and O–H groups in total. The molecule has 24 heavy (non-hydrogen) atoms. The van der Waals surface area contributed by atoms with E-state index in [1.165, 1.54) is 32.1 Å². The lowest BCUT2D eigenvalue weighted by Gasteiger charge is -2.31. The van der Waals surface area contributed by atoms with Crippen LogP contribution in [-0.2, 0) is 4.74 Å². The number of carbonyl (C=O) groups excluding carboxylic acids is 1. The number of nitrogens with one attached hydrogen (secondary N) is 2. The monoisotopic (exact) mass is 329 g/mol. The van der Waals surface area contributed by atoms with Gasteiger partial charge in [-0.3, -0.25) is 0 Å². The molecule has 3 rings (SSSR count). The summed E-state index contributed by atoms with van der Waals surface area (Å²) in [7, 11) is 0. The zero-order valence-electron chi connectivity index (χ0n) is 14.6. The maximum absolute atomic E-state index is 12.3. The second-order valence-electron chi connectivity index (χ2n) is 6.67. The van der Waals surface area contributed by atoms with Crippen LogP contribution in [0.1, 0.15) is 62.7 Å². The number of carbonyl (C=O) groups is 1. The van der Waals surface area contributed by atoms with Crippen molar-refractivity contribution < 1.29 is 9.53 Å². The third-order valence-electron chi connectivity index (χ3n) is 4.91. The summed E-state index contributed by atoms with van der Waals surface area (Å²) in [5, 5.41) is 4.60. The quantitative estimate of drug-likeness (QED) is 0.765. The van der Waals surface area contributed by atoms with Gasteiger partial charge < -0.3 is 15.0 Å². The molecule has 0 aliphatic heterocycles. The second kappa shape index (κ2) is 7.69. The van der Waals surface area contributed by atoms with Crippen LogP contribution in [-0.4, -0.2) is 28.6 Å². The van der Waals surface area contributed by atoms with Gasteiger partial charge >= 0.3 is 5.97 Å². The molecule has 5 nitrogen and oxygen atoms in total. The minimum absolute atomic E-state index is 0.309. The second-order valence-corrected chi connectivity index (χ2v) is 6.67. The highest BCUT2D eigenvalue weighted by molar-refractivity contribution is 6.04. The maximum atomic E-state index is 12.3. The first-order valence-corrected chi connectivity index (χ1v) is 9.12. The molecule has 1 saturated carbocycles. The highest BCUT2D eigenvalue weighted by atomic mass is 16.5. The topological polar surface area (TPSA) is 67.0 Å². The standard InChI is InChI=1S/C19H27N3O2/c1-3-6-13-7-5-8-14(11-13)22-17-15-9-10-20-18(15)21-12-16(17)19(23)24-4-2/h9-10,12-14H,3-8,11H2,1-2H3,(H2,20,21,22)/t13?,14-/m0/s1. The molecule has 0 radical (unpaired) electrons. The highest BCUT2D eigenvalue weighted by Gasteiger charge is 2.24. The van der Waals surface area contributed by atoms with Crippen molar-refractivity contribution in [2.75, 3.05) is 11.9 Å². The van der Waals surface area contributed by atoms with Crippen molar-refractivity contribution in [1.82, 2.24) is 9.97 Å². The summed E-state index contributed by atoms with van der Waals surface area (Å²) < 4.78 is 5.21. The van der Waals surface area contributed by atoms with Crippen LogP contribution in [0.4, 0.5) is 5.69 Å². The predicted octanol–water partition coefficient (Wildman–Crippen LogP) is 4.51. The number of aromatic nitrogens is 2. The van der Waals surface area contributed by atoms with Crippen LogP contribution in [0.5, 0.6) is 0 Å². The Morgan fingerprint density at radius 3 is 3.08 bits per heavy atom. The first-order valence-electron chi connectivity index (χ1n) is 9.12. The van der Waals surface area contributed by atoms with E-state index in [9.17, 15) is 4.79 Å². The van der Waals surface area contributed by atoms with Gasteiger partial charge in [-0.25, -0.2) is 9.78 Å². The van der Waals surface area contributed by atoms with Crippen molar-refractivity contribution in [2.24, 2.45) is 5.92 Å². The van der Waals surface area contributed by atoms with Crippen LogP contribution < -0.4 is 5.32 Å². The molecule has 2 atom stereocenters. The number of anilines is 1. The minimum atomic E-state index is -0.309. The molecule has 2 aromatic heterocycles. The smallest absolute Gasteiger partial charge is 0.341 e. The van der Waals surface area contributed by atoms with Crippen molar-refractivity contribution in [3.63, 3.8) is 0 Å². The lowest BCUT2D eigenvalue weighted by molar-refractivity contribution is 0.0527. The molecule has 2 heterocycles. The molecule has 130 valence electrons. The Labute approximate surface area is 143 Å². The number of pyridine rings is 1. The van der Waals surface area contributed by atoms with Gasteiger partial charge in [0.2, 0.25) is 0 Å². The molecule has 1 aliphatic rings. The Morgan fingerprint density at radius 2 is 2.29 bits per heavy atom. The molecule has 0 spiro atoms. The van der Waals surface area contributed by atoms with Gasteiger partial charge in [0, 0.05) is 23.8 Å². The number of fused-ring (bicyclic) bond motifs is 1. The Balaban J connectivity index is 1.87. The first-order chi connectivity index (χ1) is 11.7. The lowest BCUT2D eigenvalue weighted by atomic mass is 9.83. The fourth-order valence-corrected chi connectivity index (χ4v) is 3.82. The van der Waals surface area contributed by atoms with Crippen LogP contribution in [0.2, 0.25) is 0 Å². The molecule has 1 unspecified atom stereocenters. The molecule has 2 aromatic rings. The molecule has 0 aromatic carbocycles. The van der Waals surface area contributed by atoms with Crippen LogP contribution in [0, 0.1) is 5.92 Å². The van der Waals surface area contributed by atoms with Crippen molar-refractivity contribution in [3.8, 4) is 0 Å². The summed E-state index contributed by atoms with van der Waals surface area (Å²) in [6.45, 7) is 4.44. The summed E-state index contributed by atoms with van der Waals surface area (Å²) in [6.07, 6.45) is 10.9. The number of hydrogen-bond acceptors (Lipinski definition) is 4. The van der Waals surface area contributed by atoms with Crippen LogP contribution in [0.15, 0.2) is 18.5 Å². The number of esters is 1. The average molecular weight is 329 g/mol. The van der Waals surface area contributed by atoms with Crippen molar-refractivity contribution >= 4 is 22.7 Å². The van der Waals surface area contributed by atoms with E-state index in [-0.39, 0.29) is 5.97 Å². The zero-order valence-corrected chi connectivity index (χ0v) is 14.6. The van der Waals surface area contributed by atoms with Gasteiger partial charge in [-0.2, -0.15) is 0 Å². The number of H-pyrrole nitrogens is 1. The molecule has 0 bridgehead atoms. The number of ether oxygens (including phenoxy) is 1. The predicted molar refractivity (Wildman–Crippen MR) is 96.3 cm³/mol. The third-order valence-corrected chi connectivity index (χ3v) is 4.91. The van der Waals surface area contributed by atoms with Crippen LogP contribution >= 0.6 is 0 Å². The summed E-state index contributed by atoms with van der Waals surface area (Å²) in [6, 6.07) is 2.38. The van der Waals surface area contributed by atoms with E-state index < -0.39 is 0 Å². The SMILES string of the molecule is CCCC1CCC[C@H](Nc2c(C(=O)OCC)cnc3[nH]ccc23)C1. The van der Waals surface area contributed by atoms with E-state index in [0.717, 1.165) is 29.1 Å². The summed E-state index contributed by atoms with van der Waals surface area (Å²) in [4.78, 5) is 19.8. The Kier molecular flexibility index (Phi) is 5.38. The van der Waals surface area contributed by atoms with Gasteiger partial charge in [-0.15, -0.1) is 0 Å². The molecule has 1 fully saturated rings. The maximum Gasteiger partial charge on any atom is 0.341 e. The van der Waals surface area contributed by atoms with E-state index in [2.05, 4.69) is 22.2 Å². The largest absolute Gasteiger partial charge is 0.462 e. The molecule has 0 saturated heterocycles. The highest BCUT2D eigenvalue weighted by Crippen LogP contribution is 2.33. The van der Waals surface area contributed by atoms with E-state index >= 15 is 0 Å². The Morgan fingerprint density at radius 1 is 1.42 bits per heavy atom. The Bertz CT molecular complexity index is 693. The first kappa shape index (κ1) is 16.8. The van der Waals surface area contributed by atoms with Gasteiger partial charge in [0.25, 0.3) is 0 Å². The summed E-state index contributed by atoms with van der Waals surface area (Å²) in [5.41, 5.74) is 2.19. The van der Waals surface area contributed by atoms with Crippen molar-refractivity contribution in [1.29, 1.82) is 0 Å². The van der Waals surface area contributed by atoms with E-state index in [0.29, 0.717) is 18.2 Å². The third kappa shape index (κ3) is 3.55. The number of hydrogen-bond donors (Lipinski definition) is 2. The normalized spacial score (nSPS) is 20.9. The fraction of sp³-hybridized carbons (Fsp3) is 0.579. The number of rotatable bonds is 6. The minimum Gasteiger partial charge on any atom is -0.462 e. The molecule has 5 heteroatoms. The van der Waals surface area contributed by atoms with Crippen molar-refractivity contribution in [3.05, 3.63) is 24.0 Å². The van der Waals surface area contributed by atoms with Gasteiger partial charge in [0.05, 0.1) is 12.3 Å². The number of nitrogens with zero attached hydrogens (tertiary/aromatic N) is 1. The Hall–Kier alpha value is -2.04. The van der Waals surface area contributed by atoms with E-state index in [1.807, 2.05) is 19.2 Å². The van der Waals surface area contributed by atoms with Crippen LogP contribution in [0.3, 0.4) is 0 Å². The fourth-order valence-electron chi connectivity index (χ4n) is 3.82. The lowest BCUT2D eigenvalue weighted by Crippen LogP contribution is -2.28. The van der Waals surface area contributed by atoms with E-state index in [1.54, 1.807) is 6.20 Å². The summed E-state index contributed by atoms with van der Waals surface area (Å²) in [5.74, 6) is 0.479. The summed E-state index contributed by atoms with van der Waals surface area (Å²) >= 11 is 0. The van der Waals surface area contributed by atoms with Crippen molar-refractivity contribution in [2.45, 2.75) is 58.4 Å².